The molecule has 0 radical (unpaired) electrons. The average Bonchev–Trinajstić information content (AvgIpc) is 3.08. The van der Waals surface area contributed by atoms with E-state index < -0.39 is 0 Å². The number of hydrogen-bond acceptors (Lipinski definition) is 3. The van der Waals surface area contributed by atoms with Crippen molar-refractivity contribution < 1.29 is 5.11 Å². The van der Waals surface area contributed by atoms with Gasteiger partial charge in [-0.1, -0.05) is 11.8 Å². The topological polar surface area (TPSA) is 23.5 Å². The normalized spacial score (nSPS) is 16.7. The number of rotatable bonds is 4. The Balaban J connectivity index is 1.99. The van der Waals surface area contributed by atoms with E-state index >= 15 is 0 Å². The predicted molar refractivity (Wildman–Crippen MR) is 71.9 cm³/mol. The number of aliphatic hydroxyl groups is 1. The third-order valence-electron chi connectivity index (χ3n) is 3.44. The summed E-state index contributed by atoms with van der Waals surface area (Å²) in [4.78, 5) is 3.72. The lowest BCUT2D eigenvalue weighted by Gasteiger charge is -2.24. The fraction of sp³-hybridized carbons (Fsp3) is 0.571. The van der Waals surface area contributed by atoms with Crippen LogP contribution in [0.4, 0.5) is 0 Å². The molecule has 0 aliphatic heterocycles. The lowest BCUT2D eigenvalue weighted by molar-refractivity contribution is 0.228. The molecule has 1 fully saturated rings. The molecule has 0 spiro atoms. The summed E-state index contributed by atoms with van der Waals surface area (Å²) in [6.45, 7) is 3.21. The van der Waals surface area contributed by atoms with Crippen molar-refractivity contribution in [1.29, 1.82) is 0 Å². The summed E-state index contributed by atoms with van der Waals surface area (Å²) in [6.07, 6.45) is 2.76. The van der Waals surface area contributed by atoms with Crippen molar-refractivity contribution in [2.24, 2.45) is 5.92 Å². The van der Waals surface area contributed by atoms with Gasteiger partial charge in [0.05, 0.1) is 0 Å². The van der Waals surface area contributed by atoms with Gasteiger partial charge in [-0.2, -0.15) is 0 Å². The minimum absolute atomic E-state index is 0.0659. The monoisotopic (exact) mass is 249 g/mol. The van der Waals surface area contributed by atoms with Crippen molar-refractivity contribution in [2.45, 2.75) is 32.4 Å². The van der Waals surface area contributed by atoms with E-state index in [1.54, 1.807) is 11.3 Å². The zero-order valence-corrected chi connectivity index (χ0v) is 11.3. The van der Waals surface area contributed by atoms with Crippen molar-refractivity contribution in [2.75, 3.05) is 13.7 Å². The van der Waals surface area contributed by atoms with Crippen LogP contribution in [0.1, 0.15) is 30.2 Å². The van der Waals surface area contributed by atoms with Crippen LogP contribution in [0.2, 0.25) is 0 Å². The molecule has 0 bridgehead atoms. The number of thiophene rings is 1. The maximum Gasteiger partial charge on any atom is 0.104 e. The van der Waals surface area contributed by atoms with Crippen molar-refractivity contribution >= 4 is 11.3 Å². The lowest BCUT2D eigenvalue weighted by atomic mass is 10.2. The molecule has 0 aromatic carbocycles. The molecule has 1 atom stereocenters. The first-order valence-corrected chi connectivity index (χ1v) is 6.96. The maximum absolute atomic E-state index is 8.73. The highest BCUT2D eigenvalue weighted by Crippen LogP contribution is 2.35. The summed E-state index contributed by atoms with van der Waals surface area (Å²) in [5.74, 6) is 6.63. The van der Waals surface area contributed by atoms with Gasteiger partial charge in [-0.3, -0.25) is 4.90 Å². The average molecular weight is 249 g/mol. The minimum atomic E-state index is -0.0659. The van der Waals surface area contributed by atoms with E-state index in [0.717, 1.165) is 18.0 Å². The Labute approximate surface area is 107 Å². The summed E-state index contributed by atoms with van der Waals surface area (Å²) in [5, 5.41) is 10.8. The van der Waals surface area contributed by atoms with E-state index in [0.29, 0.717) is 6.04 Å². The van der Waals surface area contributed by atoms with Crippen molar-refractivity contribution in [1.82, 2.24) is 4.90 Å². The highest BCUT2D eigenvalue weighted by molar-refractivity contribution is 7.10. The van der Waals surface area contributed by atoms with Crippen LogP contribution < -0.4 is 0 Å². The molecule has 92 valence electrons. The second kappa shape index (κ2) is 5.68. The Morgan fingerprint density at radius 1 is 1.59 bits per heavy atom. The van der Waals surface area contributed by atoms with Crippen LogP contribution in [0.5, 0.6) is 0 Å². The highest BCUT2D eigenvalue weighted by atomic mass is 32.1. The molecule has 0 amide bonds. The van der Waals surface area contributed by atoms with Gasteiger partial charge < -0.3 is 5.11 Å². The molecule has 17 heavy (non-hydrogen) atoms. The largest absolute Gasteiger partial charge is 0.384 e. The standard InChI is InChI=1S/C14H19NOS/c1-11(12-5-6-12)15(2)10-14-13(4-3-8-16)7-9-17-14/h7,9,11-12,16H,5-6,8,10H2,1-2H3. The Hall–Kier alpha value is -0.820. The third kappa shape index (κ3) is 3.32. The van der Waals surface area contributed by atoms with Gasteiger partial charge in [0.15, 0.2) is 0 Å². The van der Waals surface area contributed by atoms with E-state index in [1.807, 2.05) is 6.07 Å². The molecule has 2 rings (SSSR count). The van der Waals surface area contributed by atoms with Crippen molar-refractivity contribution in [3.8, 4) is 11.8 Å². The van der Waals surface area contributed by atoms with E-state index in [4.69, 9.17) is 5.11 Å². The quantitative estimate of drug-likeness (QED) is 0.828. The van der Waals surface area contributed by atoms with Crippen molar-refractivity contribution in [3.05, 3.63) is 21.9 Å². The molecular formula is C14H19NOS. The van der Waals surface area contributed by atoms with Gasteiger partial charge in [0.2, 0.25) is 0 Å². The van der Waals surface area contributed by atoms with Gasteiger partial charge in [-0.05, 0) is 44.2 Å². The van der Waals surface area contributed by atoms with Gasteiger partial charge in [-0.25, -0.2) is 0 Å². The van der Waals surface area contributed by atoms with Gasteiger partial charge in [0, 0.05) is 23.0 Å². The molecule has 1 aromatic heterocycles. The Bertz CT molecular complexity index is 425. The summed E-state index contributed by atoms with van der Waals surface area (Å²) in [7, 11) is 2.19. The zero-order chi connectivity index (χ0) is 12.3. The predicted octanol–water partition coefficient (Wildman–Crippen LogP) is 2.32. The Kier molecular flexibility index (Phi) is 4.22. The van der Waals surface area contributed by atoms with Crippen LogP contribution in [0, 0.1) is 17.8 Å². The van der Waals surface area contributed by atoms with Gasteiger partial charge in [0.25, 0.3) is 0 Å². The Morgan fingerprint density at radius 2 is 2.35 bits per heavy atom. The fourth-order valence-corrected chi connectivity index (χ4v) is 2.91. The van der Waals surface area contributed by atoms with Crippen LogP contribution in [0.15, 0.2) is 11.4 Å². The molecule has 3 heteroatoms. The fourth-order valence-electron chi connectivity index (χ4n) is 2.02. The van der Waals surface area contributed by atoms with Crippen LogP contribution in [-0.4, -0.2) is 29.7 Å². The van der Waals surface area contributed by atoms with Gasteiger partial charge in [0.1, 0.15) is 6.61 Å². The molecule has 1 aliphatic rings. The van der Waals surface area contributed by atoms with Crippen LogP contribution in [-0.2, 0) is 6.54 Å². The molecule has 1 N–H and O–H groups in total. The van der Waals surface area contributed by atoms with E-state index in [2.05, 4.69) is 36.1 Å². The molecular weight excluding hydrogens is 230 g/mol. The smallest absolute Gasteiger partial charge is 0.104 e. The first-order valence-electron chi connectivity index (χ1n) is 6.08. The van der Waals surface area contributed by atoms with Gasteiger partial charge >= 0.3 is 0 Å². The molecule has 2 nitrogen and oxygen atoms in total. The molecule has 1 heterocycles. The minimum Gasteiger partial charge on any atom is -0.384 e. The number of nitrogens with zero attached hydrogens (tertiary/aromatic N) is 1. The van der Waals surface area contributed by atoms with E-state index in [1.165, 1.54) is 17.7 Å². The highest BCUT2D eigenvalue weighted by Gasteiger charge is 2.30. The maximum atomic E-state index is 8.73. The summed E-state index contributed by atoms with van der Waals surface area (Å²) in [5.41, 5.74) is 1.07. The Morgan fingerprint density at radius 3 is 3.00 bits per heavy atom. The molecule has 0 saturated heterocycles. The summed E-state index contributed by atoms with van der Waals surface area (Å²) >= 11 is 1.75. The SMILES string of the molecule is CC(C1CC1)N(C)Cc1sccc1C#CCO. The van der Waals surface area contributed by atoms with Crippen LogP contribution >= 0.6 is 11.3 Å². The molecule has 1 aliphatic carbocycles. The van der Waals surface area contributed by atoms with Crippen LogP contribution in [0.25, 0.3) is 0 Å². The first kappa shape index (κ1) is 12.6. The molecule has 1 saturated carbocycles. The molecule has 1 unspecified atom stereocenters. The summed E-state index contributed by atoms with van der Waals surface area (Å²) in [6, 6.07) is 2.70. The van der Waals surface area contributed by atoms with Crippen LogP contribution in [0.3, 0.4) is 0 Å². The van der Waals surface area contributed by atoms with E-state index in [9.17, 15) is 0 Å². The molecule has 1 aromatic rings. The second-order valence-corrected chi connectivity index (χ2v) is 5.71. The van der Waals surface area contributed by atoms with Gasteiger partial charge in [-0.15, -0.1) is 11.3 Å². The number of aliphatic hydroxyl groups excluding tert-OH is 1. The second-order valence-electron chi connectivity index (χ2n) is 4.71. The lowest BCUT2D eigenvalue weighted by Crippen LogP contribution is -2.30. The first-order chi connectivity index (χ1) is 8.22. The zero-order valence-electron chi connectivity index (χ0n) is 10.4. The third-order valence-corrected chi connectivity index (χ3v) is 4.35. The van der Waals surface area contributed by atoms with E-state index in [-0.39, 0.29) is 6.61 Å². The summed E-state index contributed by atoms with van der Waals surface area (Å²) < 4.78 is 0. The number of hydrogen-bond donors (Lipinski definition) is 1. The van der Waals surface area contributed by atoms with Crippen molar-refractivity contribution in [3.63, 3.8) is 0 Å².